The van der Waals surface area contributed by atoms with Gasteiger partial charge in [-0.1, -0.05) is 48.2 Å². The number of benzene rings is 2. The number of rotatable bonds is 8. The molecule has 0 unspecified atom stereocenters. The molecule has 7 heteroatoms. The number of carbonyl (C=O) groups is 2. The summed E-state index contributed by atoms with van der Waals surface area (Å²) in [4.78, 5) is 28.6. The van der Waals surface area contributed by atoms with Crippen LogP contribution in [0.15, 0.2) is 53.4 Å². The third kappa shape index (κ3) is 6.66. The molecule has 3 rings (SSSR count). The van der Waals surface area contributed by atoms with E-state index >= 15 is 0 Å². The van der Waals surface area contributed by atoms with Crippen molar-refractivity contribution in [2.45, 2.75) is 56.1 Å². The molecule has 0 aromatic heterocycles. The van der Waals surface area contributed by atoms with E-state index in [0.717, 1.165) is 36.1 Å². The molecule has 0 spiro atoms. The van der Waals surface area contributed by atoms with Gasteiger partial charge in [-0.2, -0.15) is 0 Å². The van der Waals surface area contributed by atoms with Gasteiger partial charge in [-0.3, -0.25) is 9.59 Å². The van der Waals surface area contributed by atoms with Crippen molar-refractivity contribution in [2.75, 3.05) is 5.75 Å². The molecule has 0 radical (unpaired) electrons. The lowest BCUT2D eigenvalue weighted by Crippen LogP contribution is -2.50. The molecule has 1 saturated carbocycles. The Morgan fingerprint density at radius 2 is 1.60 bits per heavy atom. The third-order valence-corrected chi connectivity index (χ3v) is 6.81. The van der Waals surface area contributed by atoms with Gasteiger partial charge >= 0.3 is 0 Å². The van der Waals surface area contributed by atoms with Crippen LogP contribution in [0.4, 0.5) is 0 Å². The van der Waals surface area contributed by atoms with E-state index in [0.29, 0.717) is 16.6 Å². The molecule has 0 heterocycles. The van der Waals surface area contributed by atoms with E-state index in [4.69, 9.17) is 23.2 Å². The molecule has 4 nitrogen and oxygen atoms in total. The van der Waals surface area contributed by atoms with Crippen molar-refractivity contribution >= 4 is 46.8 Å². The van der Waals surface area contributed by atoms with Crippen LogP contribution in [0.1, 0.15) is 38.2 Å². The SMILES string of the molecule is C[C@@H](C(=O)NC1CCCC1)N(Cc1ccc(Cl)cc1)C(=O)CSc1ccc(Cl)cc1. The Hall–Kier alpha value is -1.69. The van der Waals surface area contributed by atoms with Gasteiger partial charge < -0.3 is 10.2 Å². The molecule has 0 aliphatic heterocycles. The minimum Gasteiger partial charge on any atom is -0.352 e. The minimum absolute atomic E-state index is 0.0843. The first-order chi connectivity index (χ1) is 14.4. The van der Waals surface area contributed by atoms with Crippen LogP contribution >= 0.6 is 35.0 Å². The van der Waals surface area contributed by atoms with Gasteiger partial charge in [0.15, 0.2) is 0 Å². The van der Waals surface area contributed by atoms with Crippen molar-refractivity contribution in [1.82, 2.24) is 10.2 Å². The number of amides is 2. The lowest BCUT2D eigenvalue weighted by atomic mass is 10.1. The molecule has 160 valence electrons. The number of nitrogens with one attached hydrogen (secondary N) is 1. The average molecular weight is 465 g/mol. The van der Waals surface area contributed by atoms with E-state index in [-0.39, 0.29) is 23.6 Å². The van der Waals surface area contributed by atoms with Crippen LogP contribution < -0.4 is 5.32 Å². The summed E-state index contributed by atoms with van der Waals surface area (Å²) in [5.41, 5.74) is 0.935. The Balaban J connectivity index is 1.69. The smallest absolute Gasteiger partial charge is 0.242 e. The van der Waals surface area contributed by atoms with E-state index in [1.165, 1.54) is 11.8 Å². The molecule has 0 saturated heterocycles. The highest BCUT2D eigenvalue weighted by Crippen LogP contribution is 2.23. The summed E-state index contributed by atoms with van der Waals surface area (Å²) in [6, 6.07) is 14.4. The van der Waals surface area contributed by atoms with E-state index in [1.54, 1.807) is 36.1 Å². The zero-order valence-corrected chi connectivity index (χ0v) is 19.3. The van der Waals surface area contributed by atoms with E-state index in [9.17, 15) is 9.59 Å². The van der Waals surface area contributed by atoms with Crippen molar-refractivity contribution < 1.29 is 9.59 Å². The normalized spacial score (nSPS) is 15.0. The van der Waals surface area contributed by atoms with Gasteiger partial charge in [-0.15, -0.1) is 11.8 Å². The predicted octanol–water partition coefficient (Wildman–Crippen LogP) is 5.56. The van der Waals surface area contributed by atoms with Gasteiger partial charge in [0, 0.05) is 27.5 Å². The van der Waals surface area contributed by atoms with Crippen LogP contribution in [-0.4, -0.2) is 34.6 Å². The zero-order chi connectivity index (χ0) is 21.5. The Morgan fingerprint density at radius 1 is 1.03 bits per heavy atom. The topological polar surface area (TPSA) is 49.4 Å². The maximum atomic E-state index is 13.1. The van der Waals surface area contributed by atoms with Gasteiger partial charge in [0.25, 0.3) is 0 Å². The standard InChI is InChI=1S/C23H26Cl2N2O2S/c1-16(23(29)26-20-4-2-3-5-20)27(14-17-6-8-18(24)9-7-17)22(28)15-30-21-12-10-19(25)11-13-21/h6-13,16,20H,2-5,14-15H2,1H3,(H,26,29)/t16-/m0/s1. The molecule has 1 fully saturated rings. The predicted molar refractivity (Wildman–Crippen MR) is 124 cm³/mol. The van der Waals surface area contributed by atoms with Crippen LogP contribution in [-0.2, 0) is 16.1 Å². The molecular formula is C23H26Cl2N2O2S. The van der Waals surface area contributed by atoms with Gasteiger partial charge in [0.05, 0.1) is 5.75 Å². The molecule has 2 amide bonds. The first-order valence-electron chi connectivity index (χ1n) is 10.1. The first-order valence-corrected chi connectivity index (χ1v) is 11.9. The second-order valence-electron chi connectivity index (χ2n) is 7.56. The van der Waals surface area contributed by atoms with Crippen LogP contribution in [0.25, 0.3) is 0 Å². The molecule has 30 heavy (non-hydrogen) atoms. The fraction of sp³-hybridized carbons (Fsp3) is 0.391. The van der Waals surface area contributed by atoms with Crippen LogP contribution in [0.3, 0.4) is 0 Å². The highest BCUT2D eigenvalue weighted by Gasteiger charge is 2.28. The molecule has 0 bridgehead atoms. The van der Waals surface area contributed by atoms with Crippen molar-refractivity contribution in [3.63, 3.8) is 0 Å². The largest absolute Gasteiger partial charge is 0.352 e. The number of carbonyl (C=O) groups excluding carboxylic acids is 2. The maximum absolute atomic E-state index is 13.1. The Bertz CT molecular complexity index is 853. The molecule has 2 aromatic carbocycles. The summed E-state index contributed by atoms with van der Waals surface area (Å²) < 4.78 is 0. The fourth-order valence-corrected chi connectivity index (χ4v) is 4.56. The Kier molecular flexibility index (Phi) is 8.49. The monoisotopic (exact) mass is 464 g/mol. The molecule has 1 atom stereocenters. The summed E-state index contributed by atoms with van der Waals surface area (Å²) in [5, 5.41) is 4.41. The van der Waals surface area contributed by atoms with Crippen LogP contribution in [0.2, 0.25) is 10.0 Å². The second-order valence-corrected chi connectivity index (χ2v) is 9.48. The molecule has 2 aromatic rings. The maximum Gasteiger partial charge on any atom is 0.242 e. The van der Waals surface area contributed by atoms with Crippen molar-refractivity contribution in [1.29, 1.82) is 0 Å². The summed E-state index contributed by atoms with van der Waals surface area (Å²) in [5.74, 6) is 0.0654. The van der Waals surface area contributed by atoms with Gasteiger partial charge in [-0.25, -0.2) is 0 Å². The second kappa shape index (κ2) is 11.1. The quantitative estimate of drug-likeness (QED) is 0.520. The van der Waals surface area contributed by atoms with Crippen molar-refractivity contribution in [3.05, 3.63) is 64.1 Å². The Labute approximate surface area is 192 Å². The van der Waals surface area contributed by atoms with E-state index < -0.39 is 6.04 Å². The first kappa shape index (κ1) is 23.0. The van der Waals surface area contributed by atoms with Crippen LogP contribution in [0, 0.1) is 0 Å². The van der Waals surface area contributed by atoms with Crippen molar-refractivity contribution in [2.24, 2.45) is 0 Å². The van der Waals surface area contributed by atoms with Gasteiger partial charge in [0.1, 0.15) is 6.04 Å². The lowest BCUT2D eigenvalue weighted by Gasteiger charge is -2.29. The third-order valence-electron chi connectivity index (χ3n) is 5.31. The number of hydrogen-bond acceptors (Lipinski definition) is 3. The number of halogens is 2. The number of nitrogens with zero attached hydrogens (tertiary/aromatic N) is 1. The van der Waals surface area contributed by atoms with E-state index in [2.05, 4.69) is 5.32 Å². The number of hydrogen-bond donors (Lipinski definition) is 1. The zero-order valence-electron chi connectivity index (χ0n) is 16.9. The van der Waals surface area contributed by atoms with Gasteiger partial charge in [-0.05, 0) is 61.7 Å². The minimum atomic E-state index is -0.556. The molecule has 1 aliphatic rings. The van der Waals surface area contributed by atoms with Crippen LogP contribution in [0.5, 0.6) is 0 Å². The molecule has 1 N–H and O–H groups in total. The number of thioether (sulfide) groups is 1. The summed E-state index contributed by atoms with van der Waals surface area (Å²) in [6.45, 7) is 2.15. The summed E-state index contributed by atoms with van der Waals surface area (Å²) >= 11 is 13.4. The van der Waals surface area contributed by atoms with Gasteiger partial charge in [0.2, 0.25) is 11.8 Å². The highest BCUT2D eigenvalue weighted by molar-refractivity contribution is 8.00. The lowest BCUT2D eigenvalue weighted by molar-refractivity contribution is -0.138. The van der Waals surface area contributed by atoms with E-state index in [1.807, 2.05) is 24.3 Å². The Morgan fingerprint density at radius 3 is 2.20 bits per heavy atom. The van der Waals surface area contributed by atoms with Crippen molar-refractivity contribution in [3.8, 4) is 0 Å². The summed E-state index contributed by atoms with van der Waals surface area (Å²) in [6.07, 6.45) is 4.31. The average Bonchev–Trinajstić information content (AvgIpc) is 3.25. The molecule has 1 aliphatic carbocycles. The highest BCUT2D eigenvalue weighted by atomic mass is 35.5. The fourth-order valence-electron chi connectivity index (χ4n) is 3.52. The molecular weight excluding hydrogens is 439 g/mol. The summed E-state index contributed by atoms with van der Waals surface area (Å²) in [7, 11) is 0.